The van der Waals surface area contributed by atoms with Gasteiger partial charge < -0.3 is 0 Å². The van der Waals surface area contributed by atoms with Crippen LogP contribution in [0.4, 0.5) is 0 Å². The van der Waals surface area contributed by atoms with Crippen molar-refractivity contribution < 1.29 is 0 Å². The van der Waals surface area contributed by atoms with Crippen molar-refractivity contribution in [2.75, 3.05) is 13.1 Å². The van der Waals surface area contributed by atoms with Crippen molar-refractivity contribution in [2.45, 2.75) is 57.9 Å². The highest BCUT2D eigenvalue weighted by molar-refractivity contribution is 5.66. The van der Waals surface area contributed by atoms with Gasteiger partial charge in [0.05, 0.1) is 0 Å². The molecule has 0 radical (unpaired) electrons. The summed E-state index contributed by atoms with van der Waals surface area (Å²) in [7, 11) is 0. The number of rotatable bonds is 3. The Morgan fingerprint density at radius 3 is 1.96 bits per heavy atom. The summed E-state index contributed by atoms with van der Waals surface area (Å²) in [5.74, 6) is 0. The molecule has 0 unspecified atom stereocenters. The quantitative estimate of drug-likeness (QED) is 0.600. The molecule has 0 atom stereocenters. The van der Waals surface area contributed by atoms with Crippen LogP contribution in [0.25, 0.3) is 5.57 Å². The predicted octanol–water partition coefficient (Wildman–Crippen LogP) is 6.66. The number of hydrogen-bond donors (Lipinski definition) is 0. The topological polar surface area (TPSA) is 3.24 Å². The van der Waals surface area contributed by atoms with Gasteiger partial charge in [-0.25, -0.2) is 0 Å². The minimum Gasteiger partial charge on any atom is -0.290 e. The van der Waals surface area contributed by atoms with Gasteiger partial charge in [0.2, 0.25) is 0 Å². The third-order valence-electron chi connectivity index (χ3n) is 5.95. The van der Waals surface area contributed by atoms with E-state index in [9.17, 15) is 0 Å². The van der Waals surface area contributed by atoms with Gasteiger partial charge >= 0.3 is 0 Å². The molecule has 2 aliphatic rings. The zero-order valence-corrected chi connectivity index (χ0v) is 16.5. The summed E-state index contributed by atoms with van der Waals surface area (Å²) in [6.07, 6.45) is 10.4. The summed E-state index contributed by atoms with van der Waals surface area (Å²) in [5, 5.41) is 0. The van der Waals surface area contributed by atoms with Crippen LogP contribution >= 0.6 is 0 Å². The van der Waals surface area contributed by atoms with E-state index in [1.165, 1.54) is 61.8 Å². The van der Waals surface area contributed by atoms with E-state index >= 15 is 0 Å². The monoisotopic (exact) mass is 347 g/mol. The van der Waals surface area contributed by atoms with E-state index in [0.717, 1.165) is 6.54 Å². The van der Waals surface area contributed by atoms with Crippen molar-refractivity contribution in [1.82, 2.24) is 4.90 Å². The van der Waals surface area contributed by atoms with Crippen molar-refractivity contribution in [3.63, 3.8) is 0 Å². The molecule has 1 saturated carbocycles. The van der Waals surface area contributed by atoms with Crippen molar-refractivity contribution in [3.8, 4) is 0 Å². The molecule has 1 aliphatic heterocycles. The molecule has 2 aromatic carbocycles. The average Bonchev–Trinajstić information content (AvgIpc) is 2.77. The van der Waals surface area contributed by atoms with E-state index in [1.807, 2.05) is 13.8 Å². The SMILES string of the molecule is C1=C(c2ccccc2)CCN(C2(c3ccccc3)CCCCC2)C1.CC. The number of hydrogen-bond acceptors (Lipinski definition) is 1. The maximum Gasteiger partial charge on any atom is 0.0464 e. The lowest BCUT2D eigenvalue weighted by Gasteiger charge is -2.48. The van der Waals surface area contributed by atoms with Gasteiger partial charge in [-0.15, -0.1) is 0 Å². The third-order valence-corrected chi connectivity index (χ3v) is 5.95. The summed E-state index contributed by atoms with van der Waals surface area (Å²) in [6.45, 7) is 6.26. The molecule has 2 aromatic rings. The third kappa shape index (κ3) is 3.94. The van der Waals surface area contributed by atoms with Crippen LogP contribution in [0.2, 0.25) is 0 Å². The molecule has 26 heavy (non-hydrogen) atoms. The van der Waals surface area contributed by atoms with E-state index in [-0.39, 0.29) is 5.54 Å². The Labute approximate surface area is 159 Å². The molecule has 0 saturated heterocycles. The predicted molar refractivity (Wildman–Crippen MR) is 113 cm³/mol. The average molecular weight is 348 g/mol. The number of benzene rings is 2. The molecule has 138 valence electrons. The van der Waals surface area contributed by atoms with Crippen molar-refractivity contribution in [2.24, 2.45) is 0 Å². The van der Waals surface area contributed by atoms with Gasteiger partial charge in [0, 0.05) is 18.6 Å². The Hall–Kier alpha value is -1.86. The first kappa shape index (κ1) is 18.9. The first-order valence-electron chi connectivity index (χ1n) is 10.4. The second kappa shape index (κ2) is 9.19. The lowest BCUT2D eigenvalue weighted by atomic mass is 9.74. The highest BCUT2D eigenvalue weighted by Gasteiger charge is 2.39. The van der Waals surface area contributed by atoms with E-state index in [1.54, 1.807) is 0 Å². The maximum atomic E-state index is 2.76. The van der Waals surface area contributed by atoms with Crippen molar-refractivity contribution in [1.29, 1.82) is 0 Å². The minimum absolute atomic E-state index is 0.262. The Kier molecular flexibility index (Phi) is 6.68. The summed E-state index contributed by atoms with van der Waals surface area (Å²) >= 11 is 0. The van der Waals surface area contributed by atoms with Crippen LogP contribution in [0.1, 0.15) is 63.5 Å². The van der Waals surface area contributed by atoms with E-state index in [0.29, 0.717) is 0 Å². The first-order chi connectivity index (χ1) is 12.9. The Bertz CT molecular complexity index is 681. The molecule has 0 spiro atoms. The van der Waals surface area contributed by atoms with Gasteiger partial charge in [-0.05, 0) is 36.0 Å². The molecule has 1 aliphatic carbocycles. The molecule has 1 heterocycles. The van der Waals surface area contributed by atoms with Gasteiger partial charge in [-0.3, -0.25) is 4.90 Å². The molecule has 1 nitrogen and oxygen atoms in total. The molecular formula is C25H33N. The molecular weight excluding hydrogens is 314 g/mol. The highest BCUT2D eigenvalue weighted by atomic mass is 15.2. The second-order valence-electron chi connectivity index (χ2n) is 7.25. The molecule has 0 N–H and O–H groups in total. The highest BCUT2D eigenvalue weighted by Crippen LogP contribution is 2.43. The summed E-state index contributed by atoms with van der Waals surface area (Å²) in [6, 6.07) is 22.1. The van der Waals surface area contributed by atoms with Crippen LogP contribution in [-0.4, -0.2) is 18.0 Å². The van der Waals surface area contributed by atoms with Crippen LogP contribution < -0.4 is 0 Å². The molecule has 4 rings (SSSR count). The summed E-state index contributed by atoms with van der Waals surface area (Å²) < 4.78 is 0. The largest absolute Gasteiger partial charge is 0.290 e. The Balaban J connectivity index is 0.000000948. The maximum absolute atomic E-state index is 2.76. The zero-order valence-electron chi connectivity index (χ0n) is 16.5. The summed E-state index contributed by atoms with van der Waals surface area (Å²) in [4.78, 5) is 2.76. The molecule has 1 fully saturated rings. The second-order valence-corrected chi connectivity index (χ2v) is 7.25. The fourth-order valence-corrected chi connectivity index (χ4v) is 4.64. The first-order valence-corrected chi connectivity index (χ1v) is 10.4. The molecule has 0 amide bonds. The smallest absolute Gasteiger partial charge is 0.0464 e. The van der Waals surface area contributed by atoms with Crippen LogP contribution in [0, 0.1) is 0 Å². The van der Waals surface area contributed by atoms with Gasteiger partial charge in [0.15, 0.2) is 0 Å². The Morgan fingerprint density at radius 1 is 0.769 bits per heavy atom. The van der Waals surface area contributed by atoms with Crippen molar-refractivity contribution >= 4 is 5.57 Å². The number of nitrogens with zero attached hydrogens (tertiary/aromatic N) is 1. The summed E-state index contributed by atoms with van der Waals surface area (Å²) in [5.41, 5.74) is 4.71. The van der Waals surface area contributed by atoms with Gasteiger partial charge in [0.25, 0.3) is 0 Å². The molecule has 0 aromatic heterocycles. The van der Waals surface area contributed by atoms with Crippen LogP contribution in [0.3, 0.4) is 0 Å². The van der Waals surface area contributed by atoms with E-state index in [4.69, 9.17) is 0 Å². The molecule has 0 bridgehead atoms. The molecule has 1 heteroatoms. The van der Waals surface area contributed by atoms with E-state index in [2.05, 4.69) is 71.6 Å². The minimum atomic E-state index is 0.262. The van der Waals surface area contributed by atoms with Gasteiger partial charge in [-0.2, -0.15) is 0 Å². The van der Waals surface area contributed by atoms with Gasteiger partial charge in [-0.1, -0.05) is 99.8 Å². The van der Waals surface area contributed by atoms with Gasteiger partial charge in [0.1, 0.15) is 0 Å². The lowest BCUT2D eigenvalue weighted by Crippen LogP contribution is -2.49. The van der Waals surface area contributed by atoms with Crippen LogP contribution in [-0.2, 0) is 5.54 Å². The van der Waals surface area contributed by atoms with Crippen LogP contribution in [0.5, 0.6) is 0 Å². The van der Waals surface area contributed by atoms with E-state index < -0.39 is 0 Å². The fourth-order valence-electron chi connectivity index (χ4n) is 4.64. The lowest BCUT2D eigenvalue weighted by molar-refractivity contribution is 0.0569. The zero-order chi connectivity index (χ0) is 18.2. The normalized spacial score (nSPS) is 19.8. The van der Waals surface area contributed by atoms with Crippen LogP contribution in [0.15, 0.2) is 66.7 Å². The Morgan fingerprint density at radius 2 is 1.38 bits per heavy atom. The standard InChI is InChI=1S/C23H27N.C2H6/c1-4-10-20(11-5-1)21-14-18-24(19-15-21)23(16-8-3-9-17-23)22-12-6-2-7-13-22;1-2/h1-2,4-7,10-14H,3,8-9,15-19H2;1-2H3. The van der Waals surface area contributed by atoms with Crippen molar-refractivity contribution in [3.05, 3.63) is 77.9 Å². The fraction of sp³-hybridized carbons (Fsp3) is 0.440.